The van der Waals surface area contributed by atoms with Crippen LogP contribution in [0.15, 0.2) is 35.2 Å². The Morgan fingerprint density at radius 1 is 1.09 bits per heavy atom. The van der Waals surface area contributed by atoms with Gasteiger partial charge in [-0.05, 0) is 43.9 Å². The predicted octanol–water partition coefficient (Wildman–Crippen LogP) is 4.45. The number of benzene rings is 2. The van der Waals surface area contributed by atoms with Gasteiger partial charge in [-0.2, -0.15) is 0 Å². The van der Waals surface area contributed by atoms with E-state index >= 15 is 0 Å². The van der Waals surface area contributed by atoms with Crippen molar-refractivity contribution in [2.45, 2.75) is 41.4 Å². The van der Waals surface area contributed by atoms with Gasteiger partial charge in [-0.15, -0.1) is 0 Å². The van der Waals surface area contributed by atoms with Gasteiger partial charge in [0.05, 0.1) is 21.7 Å². The van der Waals surface area contributed by atoms with E-state index in [-0.39, 0.29) is 45.8 Å². The van der Waals surface area contributed by atoms with Crippen molar-refractivity contribution in [1.82, 2.24) is 5.32 Å². The Hall–Kier alpha value is -2.79. The summed E-state index contributed by atoms with van der Waals surface area (Å²) in [5.41, 5.74) is -1.13. The van der Waals surface area contributed by atoms with E-state index in [2.05, 4.69) is 10.6 Å². The van der Waals surface area contributed by atoms with Gasteiger partial charge in [-0.3, -0.25) is 4.79 Å². The number of amides is 2. The molecule has 3 fully saturated rings. The molecule has 5 rings (SSSR count). The lowest BCUT2D eigenvalue weighted by Gasteiger charge is -2.41. The van der Waals surface area contributed by atoms with Gasteiger partial charge in [-0.25, -0.2) is 26.4 Å². The molecular weight excluding hydrogens is 509 g/mol. The molecule has 1 aliphatic heterocycles. The molecule has 2 aliphatic carbocycles. The highest BCUT2D eigenvalue weighted by atomic mass is 35.5. The molecule has 1 spiro atoms. The molecule has 3 aliphatic rings. The van der Waals surface area contributed by atoms with Gasteiger partial charge >= 0.3 is 6.09 Å². The number of hydrogen-bond acceptors (Lipinski definition) is 5. The van der Waals surface area contributed by atoms with Crippen LogP contribution in [0.2, 0.25) is 5.02 Å². The fourth-order valence-electron chi connectivity index (χ4n) is 5.63. The first kappa shape index (κ1) is 23.9. The number of hydrogen-bond donors (Lipinski definition) is 2. The van der Waals surface area contributed by atoms with Crippen LogP contribution in [-0.2, 0) is 14.6 Å². The third-order valence-corrected chi connectivity index (χ3v) is 9.97. The van der Waals surface area contributed by atoms with Crippen LogP contribution < -0.4 is 10.6 Å². The molecule has 35 heavy (non-hydrogen) atoms. The molecule has 1 saturated heterocycles. The monoisotopic (exact) mass is 528 g/mol. The Morgan fingerprint density at radius 3 is 2.29 bits per heavy atom. The maximum absolute atomic E-state index is 13.6. The predicted molar refractivity (Wildman–Crippen MR) is 119 cm³/mol. The van der Waals surface area contributed by atoms with Crippen LogP contribution in [-0.4, -0.2) is 37.8 Å². The van der Waals surface area contributed by atoms with E-state index in [9.17, 15) is 31.2 Å². The van der Waals surface area contributed by atoms with Crippen molar-refractivity contribution in [2.24, 2.45) is 11.8 Å². The van der Waals surface area contributed by atoms with Crippen molar-refractivity contribution >= 4 is 39.1 Å². The number of ether oxygens (including phenoxy) is 1. The summed E-state index contributed by atoms with van der Waals surface area (Å²) in [6.45, 7) is 0.356. The van der Waals surface area contributed by atoms with Crippen molar-refractivity contribution in [3.05, 3.63) is 58.4 Å². The first-order chi connectivity index (χ1) is 16.5. The molecule has 2 saturated carbocycles. The van der Waals surface area contributed by atoms with Gasteiger partial charge in [0, 0.05) is 35.2 Å². The van der Waals surface area contributed by atoms with Crippen molar-refractivity contribution in [2.75, 3.05) is 11.9 Å². The summed E-state index contributed by atoms with van der Waals surface area (Å²) in [6, 6.07) is 4.88. The Labute approximate surface area is 203 Å². The minimum Gasteiger partial charge on any atom is -0.440 e. The molecule has 2 aromatic rings. The first-order valence-electron chi connectivity index (χ1n) is 11.0. The summed E-state index contributed by atoms with van der Waals surface area (Å²) in [7, 11) is -3.97. The molecule has 2 atom stereocenters. The number of anilines is 1. The van der Waals surface area contributed by atoms with Gasteiger partial charge < -0.3 is 15.4 Å². The van der Waals surface area contributed by atoms with Crippen LogP contribution in [0, 0.1) is 29.3 Å². The minimum atomic E-state index is -3.97. The second kappa shape index (κ2) is 8.41. The van der Waals surface area contributed by atoms with Crippen LogP contribution in [0.1, 0.15) is 36.0 Å². The van der Waals surface area contributed by atoms with Crippen LogP contribution in [0.5, 0.6) is 0 Å². The largest absolute Gasteiger partial charge is 0.440 e. The third-order valence-electron chi connectivity index (χ3n) is 7.31. The van der Waals surface area contributed by atoms with E-state index in [1.165, 1.54) is 12.1 Å². The highest BCUT2D eigenvalue weighted by Gasteiger charge is 2.61. The van der Waals surface area contributed by atoms with Gasteiger partial charge in [0.1, 0.15) is 5.60 Å². The second-order valence-corrected chi connectivity index (χ2v) is 11.8. The lowest BCUT2D eigenvalue weighted by molar-refractivity contribution is -0.0314. The lowest BCUT2D eigenvalue weighted by Crippen LogP contribution is -2.50. The molecule has 0 radical (unpaired) electrons. The van der Waals surface area contributed by atoms with E-state index in [0.29, 0.717) is 18.7 Å². The summed E-state index contributed by atoms with van der Waals surface area (Å²) in [4.78, 5) is 24.1. The van der Waals surface area contributed by atoms with E-state index in [1.54, 1.807) is 0 Å². The quantitative estimate of drug-likeness (QED) is 0.571. The zero-order chi connectivity index (χ0) is 25.1. The van der Waals surface area contributed by atoms with Crippen molar-refractivity contribution in [3.63, 3.8) is 0 Å². The summed E-state index contributed by atoms with van der Waals surface area (Å²) >= 11 is 6.22. The molecule has 2 aromatic carbocycles. The fourth-order valence-corrected chi connectivity index (χ4v) is 8.03. The Balaban J connectivity index is 1.40. The number of alkyl carbamates (subject to hydrolysis) is 1. The average Bonchev–Trinajstić information content (AvgIpc) is 3.23. The number of sulfone groups is 1. The zero-order valence-corrected chi connectivity index (χ0v) is 19.7. The molecular formula is C23H20ClF3N2O5S. The van der Waals surface area contributed by atoms with Crippen LogP contribution >= 0.6 is 11.6 Å². The number of rotatable bonds is 4. The molecule has 2 amide bonds. The number of nitrogens with one attached hydrogen (secondary N) is 2. The second-order valence-electron chi connectivity index (χ2n) is 9.16. The maximum Gasteiger partial charge on any atom is 0.407 e. The van der Waals surface area contributed by atoms with E-state index in [1.807, 2.05) is 0 Å². The average molecular weight is 529 g/mol. The lowest BCUT2D eigenvalue weighted by atomic mass is 9.74. The highest BCUT2D eigenvalue weighted by Crippen LogP contribution is 2.54. The third kappa shape index (κ3) is 3.94. The highest BCUT2D eigenvalue weighted by molar-refractivity contribution is 7.92. The van der Waals surface area contributed by atoms with Crippen molar-refractivity contribution < 1.29 is 35.9 Å². The van der Waals surface area contributed by atoms with Gasteiger partial charge in [0.25, 0.3) is 5.91 Å². The molecule has 12 heteroatoms. The SMILES string of the molecule is O=C1NCC2(O1)C1CCC2CC(S(=O)(=O)c2cc(C(=O)Nc3cc(F)c(F)c(F)c3)ccc2Cl)C1. The van der Waals surface area contributed by atoms with Crippen LogP contribution in [0.25, 0.3) is 0 Å². The number of carbonyl (C=O) groups is 2. The Kier molecular flexibility index (Phi) is 5.75. The maximum atomic E-state index is 13.6. The molecule has 2 N–H and O–H groups in total. The zero-order valence-electron chi connectivity index (χ0n) is 18.1. The topological polar surface area (TPSA) is 102 Å². The van der Waals surface area contributed by atoms with Crippen molar-refractivity contribution in [1.29, 1.82) is 0 Å². The van der Waals surface area contributed by atoms with E-state index in [0.717, 1.165) is 18.9 Å². The van der Waals surface area contributed by atoms with Crippen LogP contribution in [0.4, 0.5) is 23.7 Å². The normalized spacial score (nSPS) is 27.5. The Morgan fingerprint density at radius 2 is 1.71 bits per heavy atom. The summed E-state index contributed by atoms with van der Waals surface area (Å²) < 4.78 is 72.9. The van der Waals surface area contributed by atoms with E-state index < -0.39 is 50.1 Å². The summed E-state index contributed by atoms with van der Waals surface area (Å²) in [6.07, 6.45) is 1.56. The van der Waals surface area contributed by atoms with E-state index in [4.69, 9.17) is 16.3 Å². The number of carbonyl (C=O) groups excluding carboxylic acids is 2. The molecule has 2 unspecified atom stereocenters. The van der Waals surface area contributed by atoms with Gasteiger partial charge in [-0.1, -0.05) is 11.6 Å². The first-order valence-corrected chi connectivity index (χ1v) is 12.9. The molecule has 2 bridgehead atoms. The molecule has 186 valence electrons. The van der Waals surface area contributed by atoms with Crippen molar-refractivity contribution in [3.8, 4) is 0 Å². The summed E-state index contributed by atoms with van der Waals surface area (Å²) in [5.74, 6) is -5.72. The minimum absolute atomic E-state index is 0.0676. The smallest absolute Gasteiger partial charge is 0.407 e. The number of halogens is 4. The molecule has 7 nitrogen and oxygen atoms in total. The van der Waals surface area contributed by atoms with Gasteiger partial charge in [0.15, 0.2) is 27.3 Å². The Bertz CT molecular complexity index is 1320. The fraction of sp³-hybridized carbons (Fsp3) is 0.391. The standard InChI is InChI=1S/C23H20ClF3N2O5S/c24-16-4-1-11(21(30)29-14-8-17(25)20(27)18(26)9-14)5-19(16)35(32,33)15-6-12-2-3-13(7-15)23(12)10-28-22(31)34-23/h1,4-5,8-9,12-13,15H,2-3,6-7,10H2,(H,28,31)(H,29,30). The van der Waals surface area contributed by atoms with Crippen LogP contribution in [0.3, 0.4) is 0 Å². The summed E-state index contributed by atoms with van der Waals surface area (Å²) in [5, 5.41) is 4.06. The molecule has 1 heterocycles. The molecule has 0 aromatic heterocycles. The van der Waals surface area contributed by atoms with Gasteiger partial charge in [0.2, 0.25) is 0 Å².